The molecule has 1 fully saturated rings. The van der Waals surface area contributed by atoms with E-state index in [9.17, 15) is 23.2 Å². The van der Waals surface area contributed by atoms with Gasteiger partial charge >= 0.3 is 6.09 Å². The zero-order valence-corrected chi connectivity index (χ0v) is 22.7. The van der Waals surface area contributed by atoms with E-state index in [4.69, 9.17) is 14.2 Å². The van der Waals surface area contributed by atoms with Crippen molar-refractivity contribution in [1.82, 2.24) is 14.7 Å². The van der Waals surface area contributed by atoms with E-state index in [2.05, 4.69) is 0 Å². The number of hydroxylamine groups is 1. The highest BCUT2D eigenvalue weighted by molar-refractivity contribution is 7.89. The first-order valence-electron chi connectivity index (χ1n) is 12.0. The van der Waals surface area contributed by atoms with E-state index in [-0.39, 0.29) is 17.4 Å². The molecule has 0 aliphatic carbocycles. The van der Waals surface area contributed by atoms with Gasteiger partial charge in [0.2, 0.25) is 10.0 Å². The molecular weight excluding hydrogens is 490 g/mol. The molecule has 0 radical (unpaired) electrons. The number of nitrogens with zero attached hydrogens (tertiary/aromatic N) is 2. The van der Waals surface area contributed by atoms with E-state index < -0.39 is 39.8 Å². The molecule has 1 aromatic carbocycles. The van der Waals surface area contributed by atoms with Crippen molar-refractivity contribution in [3.63, 3.8) is 0 Å². The van der Waals surface area contributed by atoms with E-state index in [1.165, 1.54) is 38.5 Å². The molecule has 204 valence electrons. The van der Waals surface area contributed by atoms with Gasteiger partial charge < -0.3 is 19.1 Å². The summed E-state index contributed by atoms with van der Waals surface area (Å²) >= 11 is 0. The SMILES string of the molecule is CCCN([C@@H](C(=O)NO)C(OC)C1CCN(C(=O)OC(C)(C)C)CC1)S(=O)(=O)c1ccc(OC)cc1. The normalized spacial score (nSPS) is 16.9. The first-order valence-corrected chi connectivity index (χ1v) is 13.4. The third kappa shape index (κ3) is 7.31. The molecule has 1 heterocycles. The monoisotopic (exact) mass is 529 g/mol. The Labute approximate surface area is 213 Å². The second-order valence-corrected chi connectivity index (χ2v) is 11.6. The summed E-state index contributed by atoms with van der Waals surface area (Å²) < 4.78 is 44.7. The zero-order valence-electron chi connectivity index (χ0n) is 21.9. The summed E-state index contributed by atoms with van der Waals surface area (Å²) in [6.45, 7) is 7.94. The molecule has 2 amide bonds. The summed E-state index contributed by atoms with van der Waals surface area (Å²) in [5, 5.41) is 9.53. The molecule has 0 spiro atoms. The Kier molecular flexibility index (Phi) is 10.5. The molecule has 1 aliphatic heterocycles. The first kappa shape index (κ1) is 29.8. The van der Waals surface area contributed by atoms with Crippen LogP contribution in [0.5, 0.6) is 5.75 Å². The van der Waals surface area contributed by atoms with Crippen LogP contribution in [0.4, 0.5) is 4.79 Å². The molecule has 1 aliphatic rings. The lowest BCUT2D eigenvalue weighted by Gasteiger charge is -2.41. The maximum atomic E-state index is 13.7. The highest BCUT2D eigenvalue weighted by Gasteiger charge is 2.45. The van der Waals surface area contributed by atoms with Crippen molar-refractivity contribution in [3.05, 3.63) is 24.3 Å². The standard InChI is InChI=1S/C24H39N3O8S/c1-7-14-27(36(31,32)19-10-8-18(33-5)9-11-19)20(22(28)25-30)21(34-6)17-12-15-26(16-13-17)23(29)35-24(2,3)4/h8-11,17,20-21,30H,7,12-16H2,1-6H3,(H,25,28)/t20-,21?/m1/s1. The Morgan fingerprint density at radius 2 is 1.75 bits per heavy atom. The number of amides is 2. The van der Waals surface area contributed by atoms with Crippen LogP contribution in [0.15, 0.2) is 29.2 Å². The van der Waals surface area contributed by atoms with Crippen LogP contribution in [-0.4, -0.2) is 86.4 Å². The summed E-state index contributed by atoms with van der Waals surface area (Å²) in [4.78, 5) is 27.0. The number of ether oxygens (including phenoxy) is 3. The molecule has 1 unspecified atom stereocenters. The van der Waals surface area contributed by atoms with Crippen LogP contribution < -0.4 is 10.2 Å². The highest BCUT2D eigenvalue weighted by Crippen LogP contribution is 2.31. The molecule has 36 heavy (non-hydrogen) atoms. The van der Waals surface area contributed by atoms with Gasteiger partial charge in [0.1, 0.15) is 17.4 Å². The number of rotatable bonds is 10. The summed E-state index contributed by atoms with van der Waals surface area (Å²) in [7, 11) is -1.25. The van der Waals surface area contributed by atoms with Gasteiger partial charge in [-0.05, 0) is 70.2 Å². The number of carbonyl (C=O) groups is 2. The molecule has 1 saturated heterocycles. The number of piperidine rings is 1. The largest absolute Gasteiger partial charge is 0.497 e. The molecule has 2 atom stereocenters. The van der Waals surface area contributed by atoms with Crippen LogP contribution in [0.2, 0.25) is 0 Å². The molecule has 12 heteroatoms. The number of nitrogens with one attached hydrogen (secondary N) is 1. The third-order valence-electron chi connectivity index (χ3n) is 6.04. The van der Waals surface area contributed by atoms with E-state index in [0.29, 0.717) is 38.1 Å². The number of hydrogen-bond donors (Lipinski definition) is 2. The number of benzene rings is 1. The topological polar surface area (TPSA) is 135 Å². The molecule has 2 N–H and O–H groups in total. The Morgan fingerprint density at radius 3 is 2.19 bits per heavy atom. The lowest BCUT2D eigenvalue weighted by Crippen LogP contribution is -2.58. The number of sulfonamides is 1. The van der Waals surface area contributed by atoms with E-state index in [1.54, 1.807) is 38.1 Å². The summed E-state index contributed by atoms with van der Waals surface area (Å²) in [5.41, 5.74) is 1.00. The van der Waals surface area contributed by atoms with Gasteiger partial charge in [-0.15, -0.1) is 0 Å². The summed E-state index contributed by atoms with van der Waals surface area (Å²) in [5.74, 6) is -0.643. The Bertz CT molecular complexity index is 970. The maximum absolute atomic E-state index is 13.7. The van der Waals surface area contributed by atoms with E-state index >= 15 is 0 Å². The predicted octanol–water partition coefficient (Wildman–Crippen LogP) is 2.63. The Morgan fingerprint density at radius 1 is 1.17 bits per heavy atom. The van der Waals surface area contributed by atoms with Crippen LogP contribution in [-0.2, 0) is 24.3 Å². The smallest absolute Gasteiger partial charge is 0.410 e. The molecule has 11 nitrogen and oxygen atoms in total. The molecular formula is C24H39N3O8S. The van der Waals surface area contributed by atoms with Gasteiger partial charge in [0.05, 0.1) is 18.1 Å². The molecule has 2 rings (SSSR count). The minimum atomic E-state index is -4.14. The second-order valence-electron chi connectivity index (χ2n) is 9.72. The van der Waals surface area contributed by atoms with E-state index in [1.807, 2.05) is 0 Å². The van der Waals surface area contributed by atoms with Crippen molar-refractivity contribution in [1.29, 1.82) is 0 Å². The lowest BCUT2D eigenvalue weighted by molar-refractivity contribution is -0.140. The van der Waals surface area contributed by atoms with E-state index in [0.717, 1.165) is 4.31 Å². The van der Waals surface area contributed by atoms with Crippen molar-refractivity contribution in [2.75, 3.05) is 33.9 Å². The molecule has 0 saturated carbocycles. The van der Waals surface area contributed by atoms with Crippen LogP contribution >= 0.6 is 0 Å². The zero-order chi connectivity index (χ0) is 27.1. The summed E-state index contributed by atoms with van der Waals surface area (Å²) in [6, 6.07) is 4.54. The fourth-order valence-corrected chi connectivity index (χ4v) is 6.03. The van der Waals surface area contributed by atoms with Crippen molar-refractivity contribution in [2.24, 2.45) is 5.92 Å². The fraction of sp³-hybridized carbons (Fsp3) is 0.667. The van der Waals surface area contributed by atoms with Gasteiger partial charge in [-0.2, -0.15) is 4.31 Å². The molecule has 0 aromatic heterocycles. The number of carbonyl (C=O) groups excluding carboxylic acids is 2. The number of hydrogen-bond acceptors (Lipinski definition) is 8. The van der Waals surface area contributed by atoms with Gasteiger partial charge in [0, 0.05) is 26.7 Å². The van der Waals surface area contributed by atoms with Gasteiger partial charge in [-0.25, -0.2) is 18.7 Å². The van der Waals surface area contributed by atoms with Crippen LogP contribution in [0, 0.1) is 5.92 Å². The van der Waals surface area contributed by atoms with Gasteiger partial charge in [-0.3, -0.25) is 10.0 Å². The average Bonchev–Trinajstić information content (AvgIpc) is 2.84. The minimum Gasteiger partial charge on any atom is -0.497 e. The summed E-state index contributed by atoms with van der Waals surface area (Å²) in [6.07, 6.45) is 0.0788. The van der Waals surface area contributed by atoms with Crippen molar-refractivity contribution < 1.29 is 37.4 Å². The predicted molar refractivity (Wildman–Crippen MR) is 132 cm³/mol. The van der Waals surface area contributed by atoms with Gasteiger partial charge in [0.15, 0.2) is 0 Å². The lowest BCUT2D eigenvalue weighted by atomic mass is 9.87. The van der Waals surface area contributed by atoms with Crippen molar-refractivity contribution in [3.8, 4) is 5.75 Å². The minimum absolute atomic E-state index is 0.0120. The number of likely N-dealkylation sites (tertiary alicyclic amines) is 1. The van der Waals surface area contributed by atoms with Crippen LogP contribution in [0.1, 0.15) is 47.0 Å². The van der Waals surface area contributed by atoms with Crippen LogP contribution in [0.25, 0.3) is 0 Å². The molecule has 0 bridgehead atoms. The Balaban J connectivity index is 2.34. The Hall–Kier alpha value is -2.41. The van der Waals surface area contributed by atoms with Crippen molar-refractivity contribution >= 4 is 22.0 Å². The van der Waals surface area contributed by atoms with Gasteiger partial charge in [0.25, 0.3) is 5.91 Å². The first-order chi connectivity index (χ1) is 16.9. The molecule has 1 aromatic rings. The van der Waals surface area contributed by atoms with Gasteiger partial charge in [-0.1, -0.05) is 6.92 Å². The average molecular weight is 530 g/mol. The second kappa shape index (κ2) is 12.7. The third-order valence-corrected chi connectivity index (χ3v) is 7.93. The number of methoxy groups -OCH3 is 2. The highest BCUT2D eigenvalue weighted by atomic mass is 32.2. The van der Waals surface area contributed by atoms with Crippen LogP contribution in [0.3, 0.4) is 0 Å². The van der Waals surface area contributed by atoms with Crippen molar-refractivity contribution in [2.45, 2.75) is 69.6 Å². The quantitative estimate of drug-likeness (QED) is 0.349. The maximum Gasteiger partial charge on any atom is 0.410 e. The fourth-order valence-electron chi connectivity index (χ4n) is 4.34.